The Labute approximate surface area is 235 Å². The maximum Gasteiger partial charge on any atom is 0.469 e. The lowest BCUT2D eigenvalue weighted by molar-refractivity contribution is -0.160. The van der Waals surface area contributed by atoms with Crippen LogP contribution in [0.15, 0.2) is 60.8 Å². The molecule has 222 valence electrons. The van der Waals surface area contributed by atoms with E-state index in [2.05, 4.69) is 54.8 Å². The molecule has 0 fully saturated rings. The fourth-order valence-electron chi connectivity index (χ4n) is 3.27. The first-order chi connectivity index (χ1) is 18.8. The smallest absolute Gasteiger partial charge is 0.462 e. The number of esters is 2. The molecule has 0 radical (unpaired) electrons. The first-order valence-corrected chi connectivity index (χ1v) is 15.6. The van der Waals surface area contributed by atoms with Crippen molar-refractivity contribution < 1.29 is 37.9 Å². The second-order valence-corrected chi connectivity index (χ2v) is 10.3. The van der Waals surface area contributed by atoms with Crippen molar-refractivity contribution in [1.29, 1.82) is 0 Å². The van der Waals surface area contributed by atoms with Crippen molar-refractivity contribution in [1.82, 2.24) is 0 Å². The first kappa shape index (κ1) is 36.8. The van der Waals surface area contributed by atoms with Crippen molar-refractivity contribution in [2.24, 2.45) is 0 Å². The van der Waals surface area contributed by atoms with E-state index in [-0.39, 0.29) is 19.4 Å². The number of carbonyl (C=O) groups is 2. The van der Waals surface area contributed by atoms with E-state index in [1.54, 1.807) is 6.08 Å². The van der Waals surface area contributed by atoms with Gasteiger partial charge >= 0.3 is 19.8 Å². The van der Waals surface area contributed by atoms with Crippen LogP contribution < -0.4 is 0 Å². The molecule has 9 heteroatoms. The highest BCUT2D eigenvalue weighted by molar-refractivity contribution is 7.46. The van der Waals surface area contributed by atoms with Gasteiger partial charge in [0, 0.05) is 6.42 Å². The number of phosphoric acid groups is 1. The van der Waals surface area contributed by atoms with Crippen LogP contribution in [0.5, 0.6) is 0 Å². The number of hydrogen-bond acceptors (Lipinski definition) is 6. The van der Waals surface area contributed by atoms with Crippen LogP contribution in [0.1, 0.15) is 97.3 Å². The van der Waals surface area contributed by atoms with Crippen LogP contribution in [-0.2, 0) is 28.2 Å². The van der Waals surface area contributed by atoms with Gasteiger partial charge in [0.2, 0.25) is 0 Å². The van der Waals surface area contributed by atoms with E-state index in [1.165, 1.54) is 6.42 Å². The summed E-state index contributed by atoms with van der Waals surface area (Å²) >= 11 is 0. The Morgan fingerprint density at radius 2 is 1.21 bits per heavy atom. The number of unbranched alkanes of at least 4 members (excludes halogenated alkanes) is 5. The van der Waals surface area contributed by atoms with Gasteiger partial charge in [-0.1, -0.05) is 107 Å². The van der Waals surface area contributed by atoms with Crippen LogP contribution >= 0.6 is 7.82 Å². The molecule has 0 aromatic carbocycles. The van der Waals surface area contributed by atoms with Gasteiger partial charge in [0.05, 0.1) is 13.0 Å². The van der Waals surface area contributed by atoms with Crippen LogP contribution in [-0.4, -0.2) is 41.0 Å². The minimum absolute atomic E-state index is 0.0222. The van der Waals surface area contributed by atoms with Gasteiger partial charge in [-0.3, -0.25) is 14.1 Å². The maximum absolute atomic E-state index is 12.2. The molecule has 0 heterocycles. The van der Waals surface area contributed by atoms with E-state index in [4.69, 9.17) is 19.3 Å². The summed E-state index contributed by atoms with van der Waals surface area (Å²) < 4.78 is 25.8. The Bertz CT molecular complexity index is 823. The SMILES string of the molecule is CC/C=C\C/C=C\C/C=C\C/C=C\C/C=C\CC(=O)OC(COC(=O)CCCCCCCC)COP(=O)(O)O. The summed E-state index contributed by atoms with van der Waals surface area (Å²) in [4.78, 5) is 42.0. The van der Waals surface area contributed by atoms with E-state index < -0.39 is 32.5 Å². The standard InChI is InChI=1S/C30H49O8P/c1-3-5-7-9-11-12-13-14-15-16-17-18-19-21-23-25-30(32)38-28(27-37-39(33,34)35)26-36-29(31)24-22-20-10-8-6-4-2/h5,7,11-12,14-15,17-18,21,23,28H,3-4,6,8-10,13,16,19-20,22,24-27H2,1-2H3,(H2,33,34,35)/b7-5-,12-11-,15-14-,18-17-,23-21-. The molecule has 2 N–H and O–H groups in total. The molecule has 0 saturated carbocycles. The van der Waals surface area contributed by atoms with Crippen LogP contribution in [0.3, 0.4) is 0 Å². The van der Waals surface area contributed by atoms with Gasteiger partial charge in [-0.25, -0.2) is 4.57 Å². The Morgan fingerprint density at radius 1 is 0.692 bits per heavy atom. The third-order valence-corrected chi connectivity index (χ3v) is 5.82. The molecule has 1 unspecified atom stereocenters. The van der Waals surface area contributed by atoms with Crippen molar-refractivity contribution in [3.8, 4) is 0 Å². The number of allylic oxidation sites excluding steroid dienone is 9. The van der Waals surface area contributed by atoms with Crippen LogP contribution in [0, 0.1) is 0 Å². The van der Waals surface area contributed by atoms with Gasteiger partial charge in [0.25, 0.3) is 0 Å². The molecule has 8 nitrogen and oxygen atoms in total. The van der Waals surface area contributed by atoms with E-state index >= 15 is 0 Å². The molecule has 0 aromatic rings. The van der Waals surface area contributed by atoms with Crippen molar-refractivity contribution in [2.75, 3.05) is 13.2 Å². The summed E-state index contributed by atoms with van der Waals surface area (Å²) in [5.41, 5.74) is 0. The third-order valence-electron chi connectivity index (χ3n) is 5.33. The average molecular weight is 569 g/mol. The minimum Gasteiger partial charge on any atom is -0.462 e. The van der Waals surface area contributed by atoms with Gasteiger partial charge in [-0.2, -0.15) is 0 Å². The predicted molar refractivity (Wildman–Crippen MR) is 156 cm³/mol. The zero-order valence-electron chi connectivity index (χ0n) is 23.7. The van der Waals surface area contributed by atoms with E-state index in [9.17, 15) is 14.2 Å². The van der Waals surface area contributed by atoms with Crippen molar-refractivity contribution in [2.45, 2.75) is 103 Å². The third kappa shape index (κ3) is 28.6. The molecule has 0 aliphatic heterocycles. The van der Waals surface area contributed by atoms with E-state index in [0.29, 0.717) is 12.8 Å². The van der Waals surface area contributed by atoms with Crippen LogP contribution in [0.2, 0.25) is 0 Å². The molecule has 39 heavy (non-hydrogen) atoms. The van der Waals surface area contributed by atoms with E-state index in [1.807, 2.05) is 18.2 Å². The Morgan fingerprint density at radius 3 is 1.74 bits per heavy atom. The topological polar surface area (TPSA) is 119 Å². The molecular formula is C30H49O8P. The second-order valence-electron chi connectivity index (χ2n) is 9.01. The number of phosphoric ester groups is 1. The highest BCUT2D eigenvalue weighted by Gasteiger charge is 2.22. The van der Waals surface area contributed by atoms with Crippen molar-refractivity contribution in [3.63, 3.8) is 0 Å². The normalized spacial score (nSPS) is 13.4. The Kier molecular flexibility index (Phi) is 24.5. The largest absolute Gasteiger partial charge is 0.469 e. The Balaban J connectivity index is 4.28. The molecule has 0 spiro atoms. The lowest BCUT2D eigenvalue weighted by Gasteiger charge is -2.18. The fourth-order valence-corrected chi connectivity index (χ4v) is 3.63. The maximum atomic E-state index is 12.2. The lowest BCUT2D eigenvalue weighted by Crippen LogP contribution is -2.29. The Hall–Kier alpha value is -2.25. The molecule has 0 rings (SSSR count). The van der Waals surface area contributed by atoms with Crippen molar-refractivity contribution >= 4 is 19.8 Å². The molecule has 0 bridgehead atoms. The lowest BCUT2D eigenvalue weighted by atomic mass is 10.1. The second kappa shape index (κ2) is 26.0. The molecule has 0 aliphatic rings. The van der Waals surface area contributed by atoms with Gasteiger partial charge < -0.3 is 19.3 Å². The molecule has 0 aliphatic carbocycles. The molecule has 0 amide bonds. The number of hydrogen-bond donors (Lipinski definition) is 2. The molecule has 1 atom stereocenters. The zero-order chi connectivity index (χ0) is 29.0. The van der Waals surface area contributed by atoms with Crippen molar-refractivity contribution in [3.05, 3.63) is 60.8 Å². The number of carbonyl (C=O) groups excluding carboxylic acids is 2. The summed E-state index contributed by atoms with van der Waals surface area (Å²) in [5, 5.41) is 0. The fraction of sp³-hybridized carbons (Fsp3) is 0.600. The summed E-state index contributed by atoms with van der Waals surface area (Å²) in [6, 6.07) is 0. The average Bonchev–Trinajstić information content (AvgIpc) is 2.89. The highest BCUT2D eigenvalue weighted by atomic mass is 31.2. The molecule has 0 saturated heterocycles. The summed E-state index contributed by atoms with van der Waals surface area (Å²) in [7, 11) is -4.76. The molecule has 0 aromatic heterocycles. The quantitative estimate of drug-likeness (QED) is 0.0533. The van der Waals surface area contributed by atoms with Gasteiger partial charge in [-0.05, 0) is 38.5 Å². The molecular weight excluding hydrogens is 519 g/mol. The number of rotatable bonds is 24. The summed E-state index contributed by atoms with van der Waals surface area (Å²) in [6.07, 6.45) is 30.1. The highest BCUT2D eigenvalue weighted by Crippen LogP contribution is 2.35. The summed E-state index contributed by atoms with van der Waals surface area (Å²) in [5.74, 6) is -1.05. The monoisotopic (exact) mass is 568 g/mol. The first-order valence-electron chi connectivity index (χ1n) is 14.1. The summed E-state index contributed by atoms with van der Waals surface area (Å²) in [6.45, 7) is 3.35. The van der Waals surface area contributed by atoms with E-state index in [0.717, 1.165) is 51.4 Å². The van der Waals surface area contributed by atoms with Crippen LogP contribution in [0.4, 0.5) is 0 Å². The van der Waals surface area contributed by atoms with Gasteiger partial charge in [0.15, 0.2) is 6.10 Å². The van der Waals surface area contributed by atoms with Crippen LogP contribution in [0.25, 0.3) is 0 Å². The minimum atomic E-state index is -4.76. The predicted octanol–water partition coefficient (Wildman–Crippen LogP) is 7.44. The van der Waals surface area contributed by atoms with Gasteiger partial charge in [0.1, 0.15) is 6.61 Å². The van der Waals surface area contributed by atoms with Gasteiger partial charge in [-0.15, -0.1) is 0 Å². The number of ether oxygens (including phenoxy) is 2. The zero-order valence-corrected chi connectivity index (χ0v) is 24.6.